The average Bonchev–Trinajstić information content (AvgIpc) is 2.15. The van der Waals surface area contributed by atoms with Gasteiger partial charge in [0.15, 0.2) is 0 Å². The van der Waals surface area contributed by atoms with Crippen LogP contribution in [0.5, 0.6) is 5.75 Å². The highest BCUT2D eigenvalue weighted by atomic mass is 32.2. The number of methoxy groups -OCH3 is 1. The molecule has 0 saturated heterocycles. The number of para-hydroxylation sites is 2. The molecule has 14 heavy (non-hydrogen) atoms. The van der Waals surface area contributed by atoms with Crippen molar-refractivity contribution in [3.8, 4) is 5.75 Å². The number of hydrogen-bond acceptors (Lipinski definition) is 3. The molecule has 0 fully saturated rings. The second-order valence-electron chi connectivity index (χ2n) is 2.62. The lowest BCUT2D eigenvalue weighted by atomic mass is 10.3. The number of nitrogens with zero attached hydrogens (tertiary/aromatic N) is 1. The van der Waals surface area contributed by atoms with Crippen LogP contribution in [0.4, 0.5) is 5.69 Å². The molecule has 0 aromatic heterocycles. The maximum absolute atomic E-state index is 10.8. The summed E-state index contributed by atoms with van der Waals surface area (Å²) >= 11 is 0. The Morgan fingerprint density at radius 3 is 2.43 bits per heavy atom. The molecule has 1 N–H and O–H groups in total. The summed E-state index contributed by atoms with van der Waals surface area (Å²) < 4.78 is 36.1. The first-order valence-electron chi connectivity index (χ1n) is 3.81. The molecule has 0 bridgehead atoms. The quantitative estimate of drug-likeness (QED) is 0.765. The molecule has 0 spiro atoms. The molecule has 0 amide bonds. The van der Waals surface area contributed by atoms with Gasteiger partial charge in [0.25, 0.3) is 0 Å². The first kappa shape index (κ1) is 10.8. The summed E-state index contributed by atoms with van der Waals surface area (Å²) in [7, 11) is -1.56. The van der Waals surface area contributed by atoms with Crippen LogP contribution in [-0.2, 0) is 10.3 Å². The first-order chi connectivity index (χ1) is 6.46. The highest BCUT2D eigenvalue weighted by molar-refractivity contribution is 7.87. The van der Waals surface area contributed by atoms with Crippen LogP contribution in [0.1, 0.15) is 0 Å². The summed E-state index contributed by atoms with van der Waals surface area (Å²) in [6.45, 7) is 0. The van der Waals surface area contributed by atoms with Gasteiger partial charge >= 0.3 is 10.3 Å². The van der Waals surface area contributed by atoms with Crippen molar-refractivity contribution >= 4 is 16.0 Å². The summed E-state index contributed by atoms with van der Waals surface area (Å²) in [5, 5.41) is 0. The van der Waals surface area contributed by atoms with Gasteiger partial charge in [0.05, 0.1) is 12.8 Å². The number of hydrogen-bond donors (Lipinski definition) is 1. The zero-order valence-electron chi connectivity index (χ0n) is 7.84. The molecule has 1 aromatic rings. The van der Waals surface area contributed by atoms with E-state index in [9.17, 15) is 8.42 Å². The molecular weight excluding hydrogens is 206 g/mol. The molecule has 0 aliphatic heterocycles. The van der Waals surface area contributed by atoms with E-state index in [0.717, 1.165) is 4.31 Å². The highest BCUT2D eigenvalue weighted by Gasteiger charge is 2.17. The van der Waals surface area contributed by atoms with Crippen molar-refractivity contribution in [2.45, 2.75) is 0 Å². The van der Waals surface area contributed by atoms with Crippen molar-refractivity contribution < 1.29 is 17.7 Å². The minimum atomic E-state index is -4.24. The van der Waals surface area contributed by atoms with Gasteiger partial charge in [-0.1, -0.05) is 12.1 Å². The maximum atomic E-state index is 10.8. The predicted molar refractivity (Wildman–Crippen MR) is 52.9 cm³/mol. The lowest BCUT2D eigenvalue weighted by molar-refractivity contribution is 0.415. The van der Waals surface area contributed by atoms with E-state index in [0.29, 0.717) is 5.75 Å². The zero-order chi connectivity index (χ0) is 10.8. The van der Waals surface area contributed by atoms with E-state index in [4.69, 9.17) is 9.29 Å². The smallest absolute Gasteiger partial charge is 0.359 e. The van der Waals surface area contributed by atoms with Crippen molar-refractivity contribution in [2.75, 3.05) is 18.5 Å². The van der Waals surface area contributed by atoms with Gasteiger partial charge in [0, 0.05) is 7.05 Å². The van der Waals surface area contributed by atoms with Crippen LogP contribution in [0, 0.1) is 0 Å². The van der Waals surface area contributed by atoms with E-state index in [1.54, 1.807) is 18.2 Å². The van der Waals surface area contributed by atoms with Crippen LogP contribution in [0.25, 0.3) is 0 Å². The number of ether oxygens (including phenoxy) is 1. The van der Waals surface area contributed by atoms with Gasteiger partial charge in [0.2, 0.25) is 0 Å². The third-order valence-corrected chi connectivity index (χ3v) is 2.66. The molecule has 1 rings (SSSR count). The highest BCUT2D eigenvalue weighted by Crippen LogP contribution is 2.27. The number of benzene rings is 1. The maximum Gasteiger partial charge on any atom is 0.359 e. The Morgan fingerprint density at radius 2 is 1.93 bits per heavy atom. The van der Waals surface area contributed by atoms with Gasteiger partial charge in [-0.15, -0.1) is 0 Å². The standard InChI is InChI=1S/C8H11NO4S/c1-9(14(10,11)12)7-5-3-4-6-8(7)13-2/h3-6H,1-2H3,(H,10,11,12). The molecule has 0 radical (unpaired) electrons. The molecule has 0 aliphatic carbocycles. The molecule has 0 atom stereocenters. The van der Waals surface area contributed by atoms with Crippen molar-refractivity contribution in [3.05, 3.63) is 24.3 Å². The number of anilines is 1. The minimum Gasteiger partial charge on any atom is -0.495 e. The van der Waals surface area contributed by atoms with Crippen molar-refractivity contribution in [1.29, 1.82) is 0 Å². The van der Waals surface area contributed by atoms with Gasteiger partial charge in [-0.3, -0.25) is 4.55 Å². The molecule has 6 heteroatoms. The second-order valence-corrected chi connectivity index (χ2v) is 4.06. The summed E-state index contributed by atoms with van der Waals surface area (Å²) in [6, 6.07) is 6.50. The Balaban J connectivity index is 3.19. The molecule has 5 nitrogen and oxygen atoms in total. The summed E-state index contributed by atoms with van der Waals surface area (Å²) in [4.78, 5) is 0. The van der Waals surface area contributed by atoms with Crippen LogP contribution >= 0.6 is 0 Å². The van der Waals surface area contributed by atoms with Gasteiger partial charge in [-0.2, -0.15) is 8.42 Å². The fraction of sp³-hybridized carbons (Fsp3) is 0.250. The third kappa shape index (κ3) is 2.15. The normalized spacial score (nSPS) is 11.1. The van der Waals surface area contributed by atoms with E-state index in [1.807, 2.05) is 0 Å². The first-order valence-corrected chi connectivity index (χ1v) is 5.21. The van der Waals surface area contributed by atoms with E-state index in [-0.39, 0.29) is 5.69 Å². The Hall–Kier alpha value is -1.27. The average molecular weight is 217 g/mol. The molecule has 0 unspecified atom stereocenters. The molecule has 78 valence electrons. The van der Waals surface area contributed by atoms with E-state index >= 15 is 0 Å². The topological polar surface area (TPSA) is 66.8 Å². The monoisotopic (exact) mass is 217 g/mol. The zero-order valence-corrected chi connectivity index (χ0v) is 8.65. The largest absolute Gasteiger partial charge is 0.495 e. The van der Waals surface area contributed by atoms with Crippen LogP contribution in [0.2, 0.25) is 0 Å². The van der Waals surface area contributed by atoms with Crippen LogP contribution < -0.4 is 9.04 Å². The summed E-state index contributed by atoms with van der Waals surface area (Å²) in [5.74, 6) is 0.382. The van der Waals surface area contributed by atoms with Gasteiger partial charge in [-0.05, 0) is 12.1 Å². The van der Waals surface area contributed by atoms with Crippen LogP contribution in [0.3, 0.4) is 0 Å². The third-order valence-electron chi connectivity index (χ3n) is 1.77. The van der Waals surface area contributed by atoms with E-state index in [1.165, 1.54) is 20.2 Å². The van der Waals surface area contributed by atoms with Crippen molar-refractivity contribution in [1.82, 2.24) is 0 Å². The van der Waals surface area contributed by atoms with Crippen molar-refractivity contribution in [3.63, 3.8) is 0 Å². The SMILES string of the molecule is COc1ccccc1N(C)S(=O)(=O)O. The molecule has 0 aliphatic rings. The fourth-order valence-corrected chi connectivity index (χ4v) is 1.41. The Morgan fingerprint density at radius 1 is 1.36 bits per heavy atom. The minimum absolute atomic E-state index is 0.289. The summed E-state index contributed by atoms with van der Waals surface area (Å²) in [6.07, 6.45) is 0. The summed E-state index contributed by atoms with van der Waals surface area (Å²) in [5.41, 5.74) is 0.289. The van der Waals surface area contributed by atoms with Gasteiger partial charge < -0.3 is 4.74 Å². The lowest BCUT2D eigenvalue weighted by Gasteiger charge is -2.17. The predicted octanol–water partition coefficient (Wildman–Crippen LogP) is 0.934. The Bertz CT molecular complexity index is 415. The van der Waals surface area contributed by atoms with Gasteiger partial charge in [-0.25, -0.2) is 4.31 Å². The van der Waals surface area contributed by atoms with Crippen LogP contribution in [0.15, 0.2) is 24.3 Å². The fourth-order valence-electron chi connectivity index (χ4n) is 1.01. The molecule has 0 saturated carbocycles. The van der Waals surface area contributed by atoms with Crippen molar-refractivity contribution in [2.24, 2.45) is 0 Å². The Kier molecular flexibility index (Phi) is 2.97. The van der Waals surface area contributed by atoms with Gasteiger partial charge in [0.1, 0.15) is 5.75 Å². The van der Waals surface area contributed by atoms with E-state index in [2.05, 4.69) is 0 Å². The molecule has 0 heterocycles. The second kappa shape index (κ2) is 3.85. The number of rotatable bonds is 3. The molecular formula is C8H11NO4S. The molecule has 1 aromatic carbocycles. The van der Waals surface area contributed by atoms with E-state index < -0.39 is 10.3 Å². The Labute approximate surface area is 82.8 Å². The van der Waals surface area contributed by atoms with Crippen LogP contribution in [-0.4, -0.2) is 27.1 Å². The lowest BCUT2D eigenvalue weighted by Crippen LogP contribution is -2.25.